The molecule has 2 aliphatic heterocycles. The topological polar surface area (TPSA) is 58.6 Å². The van der Waals surface area contributed by atoms with Crippen molar-refractivity contribution in [2.45, 2.75) is 49.0 Å². The summed E-state index contributed by atoms with van der Waals surface area (Å²) in [7, 11) is 7.23. The highest BCUT2D eigenvalue weighted by Gasteiger charge is 2.57. The van der Waals surface area contributed by atoms with Crippen molar-refractivity contribution in [1.29, 1.82) is 0 Å². The maximum Gasteiger partial charge on any atom is 0.170 e. The summed E-state index contributed by atoms with van der Waals surface area (Å²) < 4.78 is 35.4. The van der Waals surface area contributed by atoms with E-state index in [2.05, 4.69) is 24.1 Å². The number of benzene rings is 2. The Bertz CT molecular complexity index is 1010. The number of fused-ring (bicyclic) bond motifs is 1. The van der Waals surface area contributed by atoms with E-state index in [0.717, 1.165) is 55.2 Å². The third-order valence-electron chi connectivity index (χ3n) is 7.90. The molecule has 2 aromatic rings. The summed E-state index contributed by atoms with van der Waals surface area (Å²) in [4.78, 5) is 2.46. The van der Waals surface area contributed by atoms with Gasteiger partial charge in [-0.1, -0.05) is 18.2 Å². The zero-order chi connectivity index (χ0) is 23.8. The standard InChI is InChI=1S/C27H35NO6/c1-28-14-13-26(19-9-10-22(30-3)24(15-19)31-4)11-12-27(16-25(26)28)33-18-20(34-27)17-32-23-8-6-5-7-21(23)29-2/h5-10,15,20,25H,11-14,16-18H2,1-4H3/t20?,25?,26-,27?/m0/s1. The van der Waals surface area contributed by atoms with Gasteiger partial charge in [0.15, 0.2) is 28.8 Å². The van der Waals surface area contributed by atoms with Crippen LogP contribution in [0.3, 0.4) is 0 Å². The molecule has 3 aliphatic rings. The zero-order valence-electron chi connectivity index (χ0n) is 20.5. The molecule has 0 aromatic heterocycles. The summed E-state index contributed by atoms with van der Waals surface area (Å²) in [5.74, 6) is 2.43. The Labute approximate surface area is 201 Å². The Morgan fingerprint density at radius 1 is 0.912 bits per heavy atom. The lowest BCUT2D eigenvalue weighted by Crippen LogP contribution is -2.53. The monoisotopic (exact) mass is 469 g/mol. The second-order valence-corrected chi connectivity index (χ2v) is 9.60. The molecule has 0 bridgehead atoms. The molecule has 1 saturated carbocycles. The number of ether oxygens (including phenoxy) is 6. The third-order valence-corrected chi connectivity index (χ3v) is 7.90. The van der Waals surface area contributed by atoms with Crippen LogP contribution in [0.1, 0.15) is 31.2 Å². The average molecular weight is 470 g/mol. The van der Waals surface area contributed by atoms with E-state index in [-0.39, 0.29) is 11.5 Å². The van der Waals surface area contributed by atoms with E-state index in [1.54, 1.807) is 21.3 Å². The van der Waals surface area contributed by atoms with Gasteiger partial charge >= 0.3 is 0 Å². The number of nitrogens with zero attached hydrogens (tertiary/aromatic N) is 1. The second kappa shape index (κ2) is 9.29. The molecule has 2 heterocycles. The minimum absolute atomic E-state index is 0.0538. The minimum atomic E-state index is -0.557. The number of methoxy groups -OCH3 is 3. The van der Waals surface area contributed by atoms with Crippen LogP contribution in [0.5, 0.6) is 23.0 Å². The van der Waals surface area contributed by atoms with Crippen LogP contribution in [0, 0.1) is 0 Å². The molecule has 2 saturated heterocycles. The molecular formula is C27H35NO6. The van der Waals surface area contributed by atoms with Crippen LogP contribution in [-0.4, -0.2) is 71.0 Å². The predicted octanol–water partition coefficient (Wildman–Crippen LogP) is 4.03. The summed E-state index contributed by atoms with van der Waals surface area (Å²) in [6, 6.07) is 14.4. The van der Waals surface area contributed by atoms with Gasteiger partial charge in [0.1, 0.15) is 12.7 Å². The molecule has 0 amide bonds. The van der Waals surface area contributed by atoms with Crippen molar-refractivity contribution < 1.29 is 28.4 Å². The first kappa shape index (κ1) is 23.3. The summed E-state index contributed by atoms with van der Waals surface area (Å²) in [6.07, 6.45) is 3.70. The first-order valence-electron chi connectivity index (χ1n) is 12.0. The largest absolute Gasteiger partial charge is 0.493 e. The molecule has 2 aromatic carbocycles. The van der Waals surface area contributed by atoms with Gasteiger partial charge in [-0.3, -0.25) is 0 Å². The fourth-order valence-corrected chi connectivity index (χ4v) is 6.06. The molecular weight excluding hydrogens is 434 g/mol. The van der Waals surface area contributed by atoms with Crippen LogP contribution < -0.4 is 18.9 Å². The Balaban J connectivity index is 1.30. The first-order chi connectivity index (χ1) is 16.5. The summed E-state index contributed by atoms with van der Waals surface area (Å²) in [5, 5.41) is 0. The molecule has 1 spiro atoms. The molecule has 34 heavy (non-hydrogen) atoms. The van der Waals surface area contributed by atoms with Gasteiger partial charge < -0.3 is 33.3 Å². The van der Waals surface area contributed by atoms with Gasteiger partial charge in [-0.15, -0.1) is 0 Å². The Morgan fingerprint density at radius 3 is 2.41 bits per heavy atom. The van der Waals surface area contributed by atoms with E-state index in [1.807, 2.05) is 30.3 Å². The highest BCUT2D eigenvalue weighted by atomic mass is 16.8. The van der Waals surface area contributed by atoms with Crippen molar-refractivity contribution in [3.8, 4) is 23.0 Å². The normalized spacial score (nSPS) is 30.8. The number of hydrogen-bond donors (Lipinski definition) is 0. The van der Waals surface area contributed by atoms with Gasteiger partial charge in [0, 0.05) is 24.3 Å². The van der Waals surface area contributed by atoms with Crippen molar-refractivity contribution in [2.75, 3.05) is 48.1 Å². The molecule has 3 fully saturated rings. The Kier molecular flexibility index (Phi) is 6.35. The van der Waals surface area contributed by atoms with Crippen LogP contribution in [-0.2, 0) is 14.9 Å². The zero-order valence-corrected chi connectivity index (χ0v) is 20.5. The van der Waals surface area contributed by atoms with Crippen LogP contribution in [0.25, 0.3) is 0 Å². The smallest absolute Gasteiger partial charge is 0.170 e. The van der Waals surface area contributed by atoms with Crippen molar-refractivity contribution >= 4 is 0 Å². The van der Waals surface area contributed by atoms with Gasteiger partial charge in [-0.2, -0.15) is 0 Å². The van der Waals surface area contributed by atoms with Crippen LogP contribution in [0.15, 0.2) is 42.5 Å². The number of hydrogen-bond acceptors (Lipinski definition) is 7. The number of likely N-dealkylation sites (N-methyl/N-ethyl adjacent to an activating group) is 1. The minimum Gasteiger partial charge on any atom is -0.493 e. The van der Waals surface area contributed by atoms with Gasteiger partial charge in [0.25, 0.3) is 0 Å². The lowest BCUT2D eigenvalue weighted by Gasteiger charge is -2.48. The average Bonchev–Trinajstić information content (AvgIpc) is 3.44. The number of rotatable bonds is 7. The fraction of sp³-hybridized carbons (Fsp3) is 0.556. The lowest BCUT2D eigenvalue weighted by atomic mass is 9.64. The molecule has 0 radical (unpaired) electrons. The van der Waals surface area contributed by atoms with E-state index < -0.39 is 5.79 Å². The van der Waals surface area contributed by atoms with Gasteiger partial charge in [-0.05, 0) is 56.3 Å². The van der Waals surface area contributed by atoms with Crippen molar-refractivity contribution in [3.63, 3.8) is 0 Å². The maximum absolute atomic E-state index is 6.54. The number of likely N-dealkylation sites (tertiary alicyclic amines) is 1. The second-order valence-electron chi connectivity index (χ2n) is 9.60. The summed E-state index contributed by atoms with van der Waals surface area (Å²) >= 11 is 0. The van der Waals surface area contributed by atoms with Crippen LogP contribution in [0.4, 0.5) is 0 Å². The summed E-state index contributed by atoms with van der Waals surface area (Å²) in [5.41, 5.74) is 1.36. The quantitative estimate of drug-likeness (QED) is 0.607. The molecule has 7 heteroatoms. The van der Waals surface area contributed by atoms with Gasteiger partial charge in [0.05, 0.1) is 27.9 Å². The molecule has 184 valence electrons. The summed E-state index contributed by atoms with van der Waals surface area (Å²) in [6.45, 7) is 2.02. The number of para-hydroxylation sites is 2. The molecule has 1 aliphatic carbocycles. The lowest BCUT2D eigenvalue weighted by molar-refractivity contribution is -0.205. The van der Waals surface area contributed by atoms with Gasteiger partial charge in [-0.25, -0.2) is 0 Å². The van der Waals surface area contributed by atoms with E-state index in [4.69, 9.17) is 28.4 Å². The van der Waals surface area contributed by atoms with E-state index in [0.29, 0.717) is 19.3 Å². The third kappa shape index (κ3) is 4.00. The SMILES string of the molecule is COc1ccc([C@]23CCN(C)C2CC2(CC3)OCC(COc3ccccc3OC)O2)cc1OC. The van der Waals surface area contributed by atoms with Crippen LogP contribution in [0.2, 0.25) is 0 Å². The van der Waals surface area contributed by atoms with E-state index >= 15 is 0 Å². The van der Waals surface area contributed by atoms with Crippen LogP contribution >= 0.6 is 0 Å². The highest BCUT2D eigenvalue weighted by Crippen LogP contribution is 2.54. The van der Waals surface area contributed by atoms with Gasteiger partial charge in [0.2, 0.25) is 0 Å². The first-order valence-corrected chi connectivity index (χ1v) is 12.0. The molecule has 7 nitrogen and oxygen atoms in total. The highest BCUT2D eigenvalue weighted by molar-refractivity contribution is 5.46. The van der Waals surface area contributed by atoms with Crippen molar-refractivity contribution in [2.24, 2.45) is 0 Å². The van der Waals surface area contributed by atoms with Crippen molar-refractivity contribution in [3.05, 3.63) is 48.0 Å². The predicted molar refractivity (Wildman–Crippen MR) is 128 cm³/mol. The molecule has 0 N–H and O–H groups in total. The molecule has 4 atom stereocenters. The maximum atomic E-state index is 6.54. The van der Waals surface area contributed by atoms with E-state index in [1.165, 1.54) is 5.56 Å². The van der Waals surface area contributed by atoms with Crippen molar-refractivity contribution in [1.82, 2.24) is 4.90 Å². The fourth-order valence-electron chi connectivity index (χ4n) is 6.06. The Morgan fingerprint density at radius 2 is 1.65 bits per heavy atom. The molecule has 5 rings (SSSR count). The molecule has 3 unspecified atom stereocenters. The van der Waals surface area contributed by atoms with E-state index in [9.17, 15) is 0 Å². The Hall–Kier alpha value is -2.48.